The molecule has 22 heavy (non-hydrogen) atoms. The molecule has 0 saturated carbocycles. The van der Waals surface area contributed by atoms with Crippen LogP contribution in [0.3, 0.4) is 0 Å². The van der Waals surface area contributed by atoms with Crippen molar-refractivity contribution < 1.29 is 4.74 Å². The first-order chi connectivity index (χ1) is 10.6. The molecule has 0 spiro atoms. The summed E-state index contributed by atoms with van der Waals surface area (Å²) in [6, 6.07) is 9.78. The van der Waals surface area contributed by atoms with Crippen LogP contribution in [0.2, 0.25) is 0 Å². The maximum absolute atomic E-state index is 5.82. The number of rotatable bonds is 7. The summed E-state index contributed by atoms with van der Waals surface area (Å²) in [6.07, 6.45) is 1.17. The molecule has 118 valence electrons. The van der Waals surface area contributed by atoms with Gasteiger partial charge in [0.05, 0.1) is 11.8 Å². The van der Waals surface area contributed by atoms with Gasteiger partial charge in [0.2, 0.25) is 0 Å². The van der Waals surface area contributed by atoms with Gasteiger partial charge in [0, 0.05) is 12.6 Å². The fourth-order valence-electron chi connectivity index (χ4n) is 2.04. The molecule has 0 fully saturated rings. The predicted octanol–water partition coefficient (Wildman–Crippen LogP) is 4.14. The summed E-state index contributed by atoms with van der Waals surface area (Å²) < 4.78 is 5.82. The van der Waals surface area contributed by atoms with E-state index in [4.69, 9.17) is 4.74 Å². The summed E-state index contributed by atoms with van der Waals surface area (Å²) in [5.74, 6) is 3.13. The average Bonchev–Trinajstić information content (AvgIpc) is 2.46. The molecule has 1 heterocycles. The Morgan fingerprint density at radius 3 is 2.59 bits per heavy atom. The molecule has 2 rings (SSSR count). The van der Waals surface area contributed by atoms with Gasteiger partial charge in [-0.15, -0.1) is 0 Å². The van der Waals surface area contributed by atoms with Crippen molar-refractivity contribution in [3.63, 3.8) is 0 Å². The van der Waals surface area contributed by atoms with Crippen LogP contribution in [0.15, 0.2) is 30.3 Å². The summed E-state index contributed by atoms with van der Waals surface area (Å²) in [4.78, 5) is 8.83. The minimum Gasteiger partial charge on any atom is -0.489 e. The van der Waals surface area contributed by atoms with Crippen molar-refractivity contribution in [2.75, 3.05) is 17.2 Å². The minimum absolute atomic E-state index is 0.122. The lowest BCUT2D eigenvalue weighted by molar-refractivity contribution is 0.244. The number of anilines is 3. The molecule has 0 atom stereocenters. The van der Waals surface area contributed by atoms with E-state index in [9.17, 15) is 0 Å². The van der Waals surface area contributed by atoms with Crippen molar-refractivity contribution in [2.24, 2.45) is 0 Å². The van der Waals surface area contributed by atoms with E-state index < -0.39 is 0 Å². The van der Waals surface area contributed by atoms with Crippen LogP contribution in [0.25, 0.3) is 0 Å². The number of ether oxygens (including phenoxy) is 1. The quantitative estimate of drug-likeness (QED) is 0.805. The molecule has 0 unspecified atom stereocenters. The Labute approximate surface area is 132 Å². The highest BCUT2D eigenvalue weighted by atomic mass is 16.5. The highest BCUT2D eigenvalue weighted by Crippen LogP contribution is 2.28. The highest BCUT2D eigenvalue weighted by molar-refractivity contribution is 5.65. The van der Waals surface area contributed by atoms with Crippen LogP contribution < -0.4 is 15.4 Å². The maximum Gasteiger partial charge on any atom is 0.143 e. The van der Waals surface area contributed by atoms with Crippen LogP contribution >= 0.6 is 0 Å². The standard InChI is InChI=1S/C17H24N4O/c1-5-10-18-16-11-17(20-13(4)19-16)21-14-8-6-7-9-15(14)22-12(2)3/h6-9,11-12H,5,10H2,1-4H3,(H2,18,19,20,21). The molecule has 1 aromatic carbocycles. The molecule has 0 amide bonds. The molecule has 5 nitrogen and oxygen atoms in total. The molecule has 2 aromatic rings. The maximum atomic E-state index is 5.82. The smallest absolute Gasteiger partial charge is 0.143 e. The molecule has 0 aliphatic heterocycles. The van der Waals surface area contributed by atoms with Gasteiger partial charge in [0.1, 0.15) is 23.2 Å². The third-order valence-corrected chi connectivity index (χ3v) is 2.91. The number of benzene rings is 1. The van der Waals surface area contributed by atoms with E-state index in [1.54, 1.807) is 0 Å². The number of hydrogen-bond acceptors (Lipinski definition) is 5. The van der Waals surface area contributed by atoms with Gasteiger partial charge >= 0.3 is 0 Å². The lowest BCUT2D eigenvalue weighted by atomic mass is 10.3. The molecular formula is C17H24N4O. The second-order valence-electron chi connectivity index (χ2n) is 5.40. The van der Waals surface area contributed by atoms with E-state index in [1.165, 1.54) is 0 Å². The zero-order valence-corrected chi connectivity index (χ0v) is 13.7. The van der Waals surface area contributed by atoms with Crippen LogP contribution in [0, 0.1) is 6.92 Å². The van der Waals surface area contributed by atoms with Crippen molar-refractivity contribution in [1.82, 2.24) is 9.97 Å². The lowest BCUT2D eigenvalue weighted by Crippen LogP contribution is -2.08. The number of aromatic nitrogens is 2. The Balaban J connectivity index is 2.21. The van der Waals surface area contributed by atoms with Crippen LogP contribution in [0.5, 0.6) is 5.75 Å². The van der Waals surface area contributed by atoms with Gasteiger partial charge in [-0.05, 0) is 39.3 Å². The number of hydrogen-bond donors (Lipinski definition) is 2. The Bertz CT molecular complexity index is 613. The van der Waals surface area contributed by atoms with Crippen molar-refractivity contribution in [3.8, 4) is 5.75 Å². The van der Waals surface area contributed by atoms with Crippen molar-refractivity contribution in [1.29, 1.82) is 0 Å². The molecule has 2 N–H and O–H groups in total. The zero-order valence-electron chi connectivity index (χ0n) is 13.7. The Kier molecular flexibility index (Phi) is 5.58. The molecule has 0 bridgehead atoms. The number of aryl methyl sites for hydroxylation is 1. The normalized spacial score (nSPS) is 10.6. The Morgan fingerprint density at radius 2 is 1.86 bits per heavy atom. The lowest BCUT2D eigenvalue weighted by Gasteiger charge is -2.15. The van der Waals surface area contributed by atoms with Crippen LogP contribution in [-0.2, 0) is 0 Å². The molecule has 5 heteroatoms. The topological polar surface area (TPSA) is 59.1 Å². The highest BCUT2D eigenvalue weighted by Gasteiger charge is 2.07. The van der Waals surface area contributed by atoms with Crippen LogP contribution in [0.1, 0.15) is 33.0 Å². The second kappa shape index (κ2) is 7.64. The third kappa shape index (κ3) is 4.62. The number of nitrogens with zero attached hydrogens (tertiary/aromatic N) is 2. The van der Waals surface area contributed by atoms with E-state index in [2.05, 4.69) is 27.5 Å². The van der Waals surface area contributed by atoms with Gasteiger partial charge in [-0.25, -0.2) is 9.97 Å². The fraction of sp³-hybridized carbons (Fsp3) is 0.412. The van der Waals surface area contributed by atoms with Crippen molar-refractivity contribution >= 4 is 17.3 Å². The van der Waals surface area contributed by atoms with Gasteiger partial charge in [-0.2, -0.15) is 0 Å². The van der Waals surface area contributed by atoms with Gasteiger partial charge in [-0.3, -0.25) is 0 Å². The summed E-state index contributed by atoms with van der Waals surface area (Å²) in [6.45, 7) is 8.93. The van der Waals surface area contributed by atoms with Crippen molar-refractivity contribution in [3.05, 3.63) is 36.2 Å². The zero-order chi connectivity index (χ0) is 15.9. The molecule has 0 aliphatic rings. The number of nitrogens with one attached hydrogen (secondary N) is 2. The van der Waals surface area contributed by atoms with Crippen LogP contribution in [-0.4, -0.2) is 22.6 Å². The van der Waals surface area contributed by atoms with E-state index in [0.717, 1.165) is 41.9 Å². The monoisotopic (exact) mass is 300 g/mol. The first-order valence-electron chi connectivity index (χ1n) is 7.70. The first-order valence-corrected chi connectivity index (χ1v) is 7.70. The van der Waals surface area contributed by atoms with E-state index in [0.29, 0.717) is 0 Å². The third-order valence-electron chi connectivity index (χ3n) is 2.91. The minimum atomic E-state index is 0.122. The van der Waals surface area contributed by atoms with E-state index in [1.807, 2.05) is 51.1 Å². The predicted molar refractivity (Wildman–Crippen MR) is 91.0 cm³/mol. The van der Waals surface area contributed by atoms with Gasteiger partial charge in [0.25, 0.3) is 0 Å². The number of para-hydroxylation sites is 2. The molecule has 0 saturated heterocycles. The molecule has 0 radical (unpaired) electrons. The van der Waals surface area contributed by atoms with Gasteiger partial charge in [-0.1, -0.05) is 19.1 Å². The van der Waals surface area contributed by atoms with Gasteiger partial charge in [0.15, 0.2) is 0 Å². The van der Waals surface area contributed by atoms with E-state index in [-0.39, 0.29) is 6.10 Å². The Hall–Kier alpha value is -2.30. The van der Waals surface area contributed by atoms with E-state index >= 15 is 0 Å². The average molecular weight is 300 g/mol. The first kappa shape index (κ1) is 16.1. The van der Waals surface area contributed by atoms with Crippen LogP contribution in [0.4, 0.5) is 17.3 Å². The second-order valence-corrected chi connectivity index (χ2v) is 5.40. The summed E-state index contributed by atoms with van der Waals surface area (Å²) in [5.41, 5.74) is 0.899. The molecular weight excluding hydrogens is 276 g/mol. The van der Waals surface area contributed by atoms with Crippen molar-refractivity contribution in [2.45, 2.75) is 40.2 Å². The summed E-state index contributed by atoms with van der Waals surface area (Å²) >= 11 is 0. The van der Waals surface area contributed by atoms with Gasteiger partial charge < -0.3 is 15.4 Å². The SMILES string of the molecule is CCCNc1cc(Nc2ccccc2OC(C)C)nc(C)n1. The summed E-state index contributed by atoms with van der Waals surface area (Å²) in [5, 5.41) is 6.61. The Morgan fingerprint density at radius 1 is 1.14 bits per heavy atom. The summed E-state index contributed by atoms with van der Waals surface area (Å²) in [7, 11) is 0. The largest absolute Gasteiger partial charge is 0.489 e. The molecule has 1 aromatic heterocycles. The molecule has 0 aliphatic carbocycles. The fourth-order valence-corrected chi connectivity index (χ4v) is 2.04.